The average Bonchev–Trinajstić information content (AvgIpc) is 2.18. The maximum absolute atomic E-state index is 10.6. The van der Waals surface area contributed by atoms with Crippen molar-refractivity contribution < 1.29 is 9.90 Å². The van der Waals surface area contributed by atoms with E-state index in [9.17, 15) is 4.79 Å². The highest BCUT2D eigenvalue weighted by molar-refractivity contribution is 5.72. The first-order chi connectivity index (χ1) is 7.11. The summed E-state index contributed by atoms with van der Waals surface area (Å²) >= 11 is 0. The minimum Gasteiger partial charge on any atom is -0.480 e. The third kappa shape index (κ3) is 6.76. The van der Waals surface area contributed by atoms with Gasteiger partial charge in [0.05, 0.1) is 6.17 Å². The van der Waals surface area contributed by atoms with Crippen LogP contribution in [0.1, 0.15) is 39.5 Å². The van der Waals surface area contributed by atoms with Crippen LogP contribution in [0.2, 0.25) is 0 Å². The number of hydrogen-bond acceptors (Lipinski definition) is 3. The number of nitrogens with one attached hydrogen (secondary N) is 1. The molecule has 0 aliphatic rings. The zero-order valence-corrected chi connectivity index (χ0v) is 9.18. The van der Waals surface area contributed by atoms with Gasteiger partial charge in [0.2, 0.25) is 0 Å². The molecule has 6 nitrogen and oxygen atoms in total. The van der Waals surface area contributed by atoms with E-state index in [0.29, 0.717) is 6.42 Å². The number of hydrogen-bond donors (Lipinski definition) is 2. The second kappa shape index (κ2) is 8.08. The third-order valence-corrected chi connectivity index (χ3v) is 2.08. The van der Waals surface area contributed by atoms with Crippen LogP contribution in [0.3, 0.4) is 0 Å². The molecule has 0 rings (SSSR count). The predicted molar refractivity (Wildman–Crippen MR) is 57.3 cm³/mol. The largest absolute Gasteiger partial charge is 0.480 e. The lowest BCUT2D eigenvalue weighted by Crippen LogP contribution is -2.40. The van der Waals surface area contributed by atoms with Crippen LogP contribution in [0.4, 0.5) is 0 Å². The van der Waals surface area contributed by atoms with E-state index >= 15 is 0 Å². The van der Waals surface area contributed by atoms with Gasteiger partial charge in [-0.3, -0.25) is 10.1 Å². The van der Waals surface area contributed by atoms with Crippen LogP contribution >= 0.6 is 0 Å². The molecule has 0 spiro atoms. The van der Waals surface area contributed by atoms with Gasteiger partial charge in [-0.15, -0.1) is 0 Å². The molecule has 6 heteroatoms. The van der Waals surface area contributed by atoms with Crippen molar-refractivity contribution in [1.82, 2.24) is 5.32 Å². The lowest BCUT2D eigenvalue weighted by Gasteiger charge is -2.16. The Balaban J connectivity index is 4.03. The fraction of sp³-hybridized carbons (Fsp3) is 0.889. The summed E-state index contributed by atoms with van der Waals surface area (Å²) in [4.78, 5) is 13.3. The highest BCUT2D eigenvalue weighted by Crippen LogP contribution is 2.05. The van der Waals surface area contributed by atoms with Crippen molar-refractivity contribution >= 4 is 5.97 Å². The van der Waals surface area contributed by atoms with Gasteiger partial charge in [0.25, 0.3) is 0 Å². The summed E-state index contributed by atoms with van der Waals surface area (Å²) in [6, 6.07) is -0.692. The summed E-state index contributed by atoms with van der Waals surface area (Å²) in [5.74, 6) is -0.941. The first-order valence-electron chi connectivity index (χ1n) is 5.14. The van der Waals surface area contributed by atoms with Crippen molar-refractivity contribution in [3.05, 3.63) is 10.4 Å². The Bertz CT molecular complexity index is 238. The molecule has 0 saturated carbocycles. The number of unbranched alkanes of at least 4 members (excludes halogenated alkanes) is 2. The van der Waals surface area contributed by atoms with Crippen molar-refractivity contribution in [3.63, 3.8) is 0 Å². The van der Waals surface area contributed by atoms with E-state index in [4.69, 9.17) is 10.6 Å². The van der Waals surface area contributed by atoms with Crippen LogP contribution < -0.4 is 5.32 Å². The highest BCUT2D eigenvalue weighted by Gasteiger charge is 2.15. The van der Waals surface area contributed by atoms with Gasteiger partial charge in [0.1, 0.15) is 6.04 Å². The van der Waals surface area contributed by atoms with Gasteiger partial charge in [0, 0.05) is 4.91 Å². The van der Waals surface area contributed by atoms with Crippen LogP contribution in [-0.4, -0.2) is 23.3 Å². The lowest BCUT2D eigenvalue weighted by molar-refractivity contribution is -0.139. The molecular weight excluding hydrogens is 196 g/mol. The van der Waals surface area contributed by atoms with Crippen molar-refractivity contribution in [1.29, 1.82) is 0 Å². The molecule has 0 aliphatic carbocycles. The molecule has 0 aliphatic heterocycles. The smallest absolute Gasteiger partial charge is 0.320 e. The summed E-state index contributed by atoms with van der Waals surface area (Å²) in [5, 5.41) is 15.0. The van der Waals surface area contributed by atoms with Crippen LogP contribution in [0.25, 0.3) is 10.4 Å². The number of carbonyl (C=O) groups is 1. The van der Waals surface area contributed by atoms with E-state index in [-0.39, 0.29) is 0 Å². The SMILES string of the molecule is CCCCCC(N=[N+]=[N-])NC(C)C(=O)O. The van der Waals surface area contributed by atoms with Crippen LogP contribution in [0, 0.1) is 0 Å². The molecule has 2 atom stereocenters. The number of carboxylic acid groups (broad SMARTS) is 1. The van der Waals surface area contributed by atoms with E-state index in [1.165, 1.54) is 6.92 Å². The maximum Gasteiger partial charge on any atom is 0.320 e. The minimum atomic E-state index is -0.941. The second-order valence-corrected chi connectivity index (χ2v) is 3.44. The molecule has 2 unspecified atom stereocenters. The first-order valence-corrected chi connectivity index (χ1v) is 5.14. The molecule has 2 N–H and O–H groups in total. The van der Waals surface area contributed by atoms with Gasteiger partial charge in [-0.25, -0.2) is 0 Å². The van der Waals surface area contributed by atoms with Gasteiger partial charge in [-0.1, -0.05) is 31.3 Å². The third-order valence-electron chi connectivity index (χ3n) is 2.08. The van der Waals surface area contributed by atoms with Gasteiger partial charge in [-0.2, -0.15) is 0 Å². The Morgan fingerprint density at radius 2 is 2.27 bits per heavy atom. The topological polar surface area (TPSA) is 98.1 Å². The number of aliphatic carboxylic acids is 1. The second-order valence-electron chi connectivity index (χ2n) is 3.44. The summed E-state index contributed by atoms with van der Waals surface area (Å²) in [5.41, 5.74) is 8.32. The van der Waals surface area contributed by atoms with Crippen molar-refractivity contribution in [2.24, 2.45) is 5.11 Å². The Kier molecular flexibility index (Phi) is 7.40. The molecule has 0 saturated heterocycles. The van der Waals surface area contributed by atoms with Gasteiger partial charge in [0.15, 0.2) is 0 Å². The standard InChI is InChI=1S/C9H18N4O2/c1-3-4-5-6-8(12-13-10)11-7(2)9(14)15/h7-8,11H,3-6H2,1-2H3,(H,14,15). The Labute approximate surface area is 89.3 Å². The molecule has 0 bridgehead atoms. The van der Waals surface area contributed by atoms with Crippen LogP contribution in [0.5, 0.6) is 0 Å². The van der Waals surface area contributed by atoms with E-state index in [0.717, 1.165) is 19.3 Å². The van der Waals surface area contributed by atoms with Gasteiger partial charge >= 0.3 is 5.97 Å². The minimum absolute atomic E-state index is 0.423. The van der Waals surface area contributed by atoms with Crippen molar-refractivity contribution in [2.45, 2.75) is 51.7 Å². The Morgan fingerprint density at radius 3 is 2.73 bits per heavy atom. The average molecular weight is 214 g/mol. The molecule has 0 heterocycles. The molecule has 0 fully saturated rings. The van der Waals surface area contributed by atoms with Crippen molar-refractivity contribution in [3.8, 4) is 0 Å². The Hall–Kier alpha value is -1.26. The van der Waals surface area contributed by atoms with E-state index in [2.05, 4.69) is 22.3 Å². The van der Waals surface area contributed by atoms with Gasteiger partial charge in [-0.05, 0) is 18.9 Å². The fourth-order valence-electron chi connectivity index (χ4n) is 1.18. The van der Waals surface area contributed by atoms with E-state index < -0.39 is 18.2 Å². The van der Waals surface area contributed by atoms with Crippen LogP contribution in [0.15, 0.2) is 5.11 Å². The number of rotatable bonds is 8. The van der Waals surface area contributed by atoms with E-state index in [1.807, 2.05) is 0 Å². The molecule has 0 aromatic carbocycles. The highest BCUT2D eigenvalue weighted by atomic mass is 16.4. The normalized spacial score (nSPS) is 14.0. The lowest BCUT2D eigenvalue weighted by atomic mass is 10.1. The first kappa shape index (κ1) is 13.7. The number of nitrogens with zero attached hydrogens (tertiary/aromatic N) is 3. The number of azide groups is 1. The molecular formula is C9H18N4O2. The summed E-state index contributed by atoms with van der Waals surface area (Å²) in [6.07, 6.45) is 3.32. The fourth-order valence-corrected chi connectivity index (χ4v) is 1.18. The summed E-state index contributed by atoms with van der Waals surface area (Å²) in [6.45, 7) is 3.61. The molecule has 0 aromatic rings. The molecule has 15 heavy (non-hydrogen) atoms. The molecule has 86 valence electrons. The molecule has 0 aromatic heterocycles. The zero-order valence-electron chi connectivity index (χ0n) is 9.18. The summed E-state index contributed by atoms with van der Waals surface area (Å²) < 4.78 is 0. The molecule has 0 radical (unpaired) electrons. The summed E-state index contributed by atoms with van der Waals surface area (Å²) in [7, 11) is 0. The number of carboxylic acids is 1. The zero-order chi connectivity index (χ0) is 11.7. The maximum atomic E-state index is 10.6. The van der Waals surface area contributed by atoms with E-state index in [1.54, 1.807) is 0 Å². The Morgan fingerprint density at radius 1 is 1.60 bits per heavy atom. The van der Waals surface area contributed by atoms with Crippen molar-refractivity contribution in [2.75, 3.05) is 0 Å². The molecule has 0 amide bonds. The monoisotopic (exact) mass is 214 g/mol. The predicted octanol–water partition coefficient (Wildman–Crippen LogP) is 2.27. The van der Waals surface area contributed by atoms with Crippen LogP contribution in [-0.2, 0) is 4.79 Å². The quantitative estimate of drug-likeness (QED) is 0.280. The van der Waals surface area contributed by atoms with Gasteiger partial charge < -0.3 is 5.11 Å².